The Hall–Kier alpha value is -1.57. The van der Waals surface area contributed by atoms with E-state index in [0.717, 1.165) is 0 Å². The Balaban J connectivity index is 3.49. The predicted octanol–water partition coefficient (Wildman–Crippen LogP) is 2.37. The summed E-state index contributed by atoms with van der Waals surface area (Å²) in [5.74, 6) is -2.87. The van der Waals surface area contributed by atoms with E-state index in [1.165, 1.54) is 0 Å². The molecule has 15 heavy (non-hydrogen) atoms. The maximum Gasteiger partial charge on any atom is 0.420 e. The fraction of sp³-hybridized carbons (Fsp3) is 0.167. The summed E-state index contributed by atoms with van der Waals surface area (Å²) in [5, 5.41) is 18.4. The summed E-state index contributed by atoms with van der Waals surface area (Å²) in [6.07, 6.45) is -4.93. The maximum absolute atomic E-state index is 12.2. The van der Waals surface area contributed by atoms with E-state index >= 15 is 0 Å². The molecule has 0 aliphatic rings. The van der Waals surface area contributed by atoms with E-state index in [4.69, 9.17) is 16.7 Å². The van der Waals surface area contributed by atoms with Crippen molar-refractivity contribution in [3.8, 4) is 5.75 Å². The summed E-state index contributed by atoms with van der Waals surface area (Å²) in [5.41, 5.74) is -1.59. The molecule has 82 valence electrons. The van der Waals surface area contributed by atoms with Crippen molar-refractivity contribution in [2.24, 2.45) is 0 Å². The van der Waals surface area contributed by atoms with Crippen LogP contribution in [0.2, 0.25) is 5.15 Å². The van der Waals surface area contributed by atoms with Gasteiger partial charge in [0.15, 0.2) is 0 Å². The second kappa shape index (κ2) is 3.54. The average molecular weight is 243 g/mol. The highest BCUT2D eigenvalue weighted by atomic mass is 35.5. The molecular formula is C6H2ClF3N2O3. The number of hydrogen-bond acceptors (Lipinski definition) is 4. The van der Waals surface area contributed by atoms with E-state index < -0.39 is 33.4 Å². The van der Waals surface area contributed by atoms with Gasteiger partial charge in [-0.25, -0.2) is 0 Å². The molecule has 1 aromatic heterocycles. The smallest absolute Gasteiger partial charge is 0.420 e. The van der Waals surface area contributed by atoms with Crippen molar-refractivity contribution in [2.75, 3.05) is 0 Å². The number of hydrogen-bond donors (Lipinski definition) is 1. The summed E-state index contributed by atoms with van der Waals surface area (Å²) < 4.78 is 36.6. The molecule has 0 aliphatic carbocycles. The minimum absolute atomic E-state index is 0.309. The fourth-order valence-electron chi connectivity index (χ4n) is 0.838. The van der Waals surface area contributed by atoms with Crippen molar-refractivity contribution in [3.63, 3.8) is 0 Å². The van der Waals surface area contributed by atoms with Gasteiger partial charge in [-0.3, -0.25) is 0 Å². The average Bonchev–Trinajstić information content (AvgIpc) is 2.06. The molecule has 0 atom stereocenters. The van der Waals surface area contributed by atoms with Crippen LogP contribution in [0.3, 0.4) is 0 Å². The summed E-state index contributed by atoms with van der Waals surface area (Å²) in [6, 6.07) is 0.309. The second-order valence-corrected chi connectivity index (χ2v) is 2.81. The molecule has 5 nitrogen and oxygen atoms in total. The number of aromatic hydroxyl groups is 1. The molecule has 0 aliphatic heterocycles. The lowest BCUT2D eigenvalue weighted by atomic mass is 10.2. The Morgan fingerprint density at radius 2 is 2.07 bits per heavy atom. The van der Waals surface area contributed by atoms with Crippen LogP contribution in [0.4, 0.5) is 19.0 Å². The van der Waals surface area contributed by atoms with Gasteiger partial charge in [-0.1, -0.05) is 0 Å². The third-order valence-electron chi connectivity index (χ3n) is 1.42. The third-order valence-corrected chi connectivity index (χ3v) is 1.62. The maximum atomic E-state index is 12.2. The van der Waals surface area contributed by atoms with Crippen LogP contribution in [0.15, 0.2) is 6.07 Å². The Morgan fingerprint density at radius 3 is 2.47 bits per heavy atom. The molecule has 0 saturated heterocycles. The lowest BCUT2D eigenvalue weighted by Crippen LogP contribution is -2.07. The van der Waals surface area contributed by atoms with Gasteiger partial charge < -0.3 is 15.2 Å². The first-order valence-corrected chi connectivity index (χ1v) is 3.72. The van der Waals surface area contributed by atoms with Crippen molar-refractivity contribution in [1.29, 1.82) is 0 Å². The first kappa shape index (κ1) is 11.5. The lowest BCUT2D eigenvalue weighted by molar-refractivity contribution is -0.390. The standard InChI is InChI=1S/C6H2ClF3N2O3/c7-3-1-2(6(8,9)10)4(13)5(11-3)12(14)15/h1,13H. The van der Waals surface area contributed by atoms with Gasteiger partial charge in [0.05, 0.1) is 0 Å². The number of nitro groups is 1. The molecule has 0 aromatic carbocycles. The third kappa shape index (κ3) is 2.27. The molecule has 1 rings (SSSR count). The minimum atomic E-state index is -4.93. The normalized spacial score (nSPS) is 11.5. The molecule has 1 aromatic rings. The highest BCUT2D eigenvalue weighted by Gasteiger charge is 2.39. The molecule has 0 amide bonds. The Bertz CT molecular complexity index is 421. The van der Waals surface area contributed by atoms with Gasteiger partial charge in [0.1, 0.15) is 5.56 Å². The molecule has 0 fully saturated rings. The van der Waals surface area contributed by atoms with E-state index in [-0.39, 0.29) is 0 Å². The van der Waals surface area contributed by atoms with E-state index in [2.05, 4.69) is 4.98 Å². The van der Waals surface area contributed by atoms with Crippen molar-refractivity contribution >= 4 is 17.4 Å². The molecule has 0 bridgehead atoms. The fourth-order valence-corrected chi connectivity index (χ4v) is 1.03. The van der Waals surface area contributed by atoms with Crippen molar-refractivity contribution < 1.29 is 23.2 Å². The van der Waals surface area contributed by atoms with E-state index in [1.807, 2.05) is 0 Å². The molecule has 0 radical (unpaired) electrons. The molecule has 0 spiro atoms. The van der Waals surface area contributed by atoms with Gasteiger partial charge in [0, 0.05) is 6.07 Å². The largest absolute Gasteiger partial charge is 0.501 e. The zero-order valence-corrected chi connectivity index (χ0v) is 7.50. The zero-order chi connectivity index (χ0) is 11.8. The number of alkyl halides is 3. The van der Waals surface area contributed by atoms with E-state index in [1.54, 1.807) is 0 Å². The van der Waals surface area contributed by atoms with Gasteiger partial charge in [-0.15, -0.1) is 0 Å². The van der Waals surface area contributed by atoms with Crippen LogP contribution < -0.4 is 0 Å². The van der Waals surface area contributed by atoms with Crippen LogP contribution in [-0.4, -0.2) is 15.0 Å². The number of halogens is 4. The molecule has 1 heterocycles. The molecule has 0 saturated carbocycles. The van der Waals surface area contributed by atoms with Gasteiger partial charge in [-0.2, -0.15) is 13.2 Å². The van der Waals surface area contributed by atoms with Gasteiger partial charge >= 0.3 is 12.0 Å². The summed E-state index contributed by atoms with van der Waals surface area (Å²) in [4.78, 5) is 11.9. The van der Waals surface area contributed by atoms with E-state index in [0.29, 0.717) is 6.07 Å². The lowest BCUT2D eigenvalue weighted by Gasteiger charge is -2.07. The molecule has 1 N–H and O–H groups in total. The second-order valence-electron chi connectivity index (χ2n) is 2.42. The Morgan fingerprint density at radius 1 is 1.53 bits per heavy atom. The van der Waals surface area contributed by atoms with Gasteiger partial charge in [0.2, 0.25) is 10.9 Å². The van der Waals surface area contributed by atoms with E-state index in [9.17, 15) is 23.3 Å². The minimum Gasteiger partial charge on any atom is -0.501 e. The van der Waals surface area contributed by atoms with Crippen molar-refractivity contribution in [1.82, 2.24) is 4.98 Å². The van der Waals surface area contributed by atoms with Crippen LogP contribution in [0.5, 0.6) is 5.75 Å². The number of pyridine rings is 1. The molecule has 9 heteroatoms. The summed E-state index contributed by atoms with van der Waals surface area (Å²) in [6.45, 7) is 0. The van der Waals surface area contributed by atoms with Crippen LogP contribution >= 0.6 is 11.6 Å². The van der Waals surface area contributed by atoms with Crippen LogP contribution in [0.1, 0.15) is 5.56 Å². The Kier molecular flexibility index (Phi) is 2.71. The monoisotopic (exact) mass is 242 g/mol. The summed E-state index contributed by atoms with van der Waals surface area (Å²) >= 11 is 5.15. The summed E-state index contributed by atoms with van der Waals surface area (Å²) in [7, 11) is 0. The van der Waals surface area contributed by atoms with Crippen LogP contribution in [0, 0.1) is 10.1 Å². The van der Waals surface area contributed by atoms with Gasteiger partial charge in [-0.05, 0) is 21.5 Å². The van der Waals surface area contributed by atoms with Gasteiger partial charge in [0.25, 0.3) is 0 Å². The predicted molar refractivity (Wildman–Crippen MR) is 42.6 cm³/mol. The number of nitrogens with zero attached hydrogens (tertiary/aromatic N) is 2. The quantitative estimate of drug-likeness (QED) is 0.466. The Labute approximate surface area is 85.3 Å². The number of rotatable bonds is 1. The topological polar surface area (TPSA) is 76.3 Å². The first-order valence-electron chi connectivity index (χ1n) is 3.34. The first-order chi connectivity index (χ1) is 6.73. The molecule has 0 unspecified atom stereocenters. The molecular weight excluding hydrogens is 241 g/mol. The number of aromatic nitrogens is 1. The van der Waals surface area contributed by atoms with Crippen molar-refractivity contribution in [2.45, 2.75) is 6.18 Å². The van der Waals surface area contributed by atoms with Crippen LogP contribution in [0.25, 0.3) is 0 Å². The zero-order valence-electron chi connectivity index (χ0n) is 6.75. The highest BCUT2D eigenvalue weighted by Crippen LogP contribution is 2.40. The highest BCUT2D eigenvalue weighted by molar-refractivity contribution is 6.29. The van der Waals surface area contributed by atoms with Crippen molar-refractivity contribution in [3.05, 3.63) is 26.9 Å². The van der Waals surface area contributed by atoms with Crippen LogP contribution in [-0.2, 0) is 6.18 Å². The SMILES string of the molecule is O=[N+]([O-])c1nc(Cl)cc(C(F)(F)F)c1O.